The molecular formula is C4H7KO3S. The molecule has 0 atom stereocenters. The zero-order valence-corrected chi connectivity index (χ0v) is 9.65. The topological polar surface area (TPSA) is 57.2 Å². The van der Waals surface area contributed by atoms with Crippen LogP contribution in [0.1, 0.15) is 13.8 Å². The van der Waals surface area contributed by atoms with Gasteiger partial charge < -0.3 is 4.55 Å². The maximum atomic E-state index is 9.81. The molecule has 0 saturated carbocycles. The van der Waals surface area contributed by atoms with Crippen LogP contribution in [0.25, 0.3) is 0 Å². The van der Waals surface area contributed by atoms with Gasteiger partial charge in [0.25, 0.3) is 0 Å². The molecule has 0 aromatic heterocycles. The summed E-state index contributed by atoms with van der Waals surface area (Å²) in [7, 11) is -4.14. The second kappa shape index (κ2) is 5.01. The monoisotopic (exact) mass is 174 g/mol. The van der Waals surface area contributed by atoms with E-state index in [1.54, 1.807) is 13.8 Å². The van der Waals surface area contributed by atoms with Crippen LogP contribution < -0.4 is 51.4 Å². The first-order valence-corrected chi connectivity index (χ1v) is 3.50. The molecule has 0 heterocycles. The van der Waals surface area contributed by atoms with Crippen molar-refractivity contribution in [3.05, 3.63) is 11.0 Å². The Hall–Kier alpha value is 1.29. The molecule has 0 aromatic rings. The third-order valence-corrected chi connectivity index (χ3v) is 1.14. The fraction of sp³-hybridized carbons (Fsp3) is 0.500. The van der Waals surface area contributed by atoms with Gasteiger partial charge in [-0.05, 0) is 13.8 Å². The van der Waals surface area contributed by atoms with Crippen LogP contribution in [0.2, 0.25) is 0 Å². The Labute approximate surface area is 97.7 Å². The van der Waals surface area contributed by atoms with Crippen molar-refractivity contribution in [2.24, 2.45) is 0 Å². The normalized spacial score (nSPS) is 9.67. The average Bonchev–Trinajstić information content (AvgIpc) is 1.21. The van der Waals surface area contributed by atoms with Gasteiger partial charge in [-0.15, -0.1) is 0 Å². The summed E-state index contributed by atoms with van der Waals surface area (Å²) in [5, 5.41) is 0.688. The zero-order valence-electron chi connectivity index (χ0n) is 5.71. The Morgan fingerprint density at radius 3 is 1.78 bits per heavy atom. The van der Waals surface area contributed by atoms with Gasteiger partial charge in [-0.3, -0.25) is 0 Å². The molecule has 0 spiro atoms. The predicted octanol–water partition coefficient (Wildman–Crippen LogP) is -2.54. The minimum atomic E-state index is -4.14. The molecule has 3 nitrogen and oxygen atoms in total. The standard InChI is InChI=1S/C4H8O3S.K/c1-4(2)3-8(5,6)7;/h3H,1-2H3,(H,5,6,7);/q;+1/p-1. The second-order valence-corrected chi connectivity index (χ2v) is 2.91. The Morgan fingerprint density at radius 2 is 1.78 bits per heavy atom. The van der Waals surface area contributed by atoms with Gasteiger partial charge in [0.15, 0.2) is 0 Å². The largest absolute Gasteiger partial charge is 1.00 e. The number of allylic oxidation sites excluding steroid dienone is 1. The van der Waals surface area contributed by atoms with Gasteiger partial charge in [0.05, 0.1) is 0 Å². The Kier molecular flexibility index (Phi) is 7.19. The van der Waals surface area contributed by atoms with Gasteiger partial charge >= 0.3 is 51.4 Å². The molecule has 0 unspecified atom stereocenters. The molecule has 0 fully saturated rings. The Bertz CT molecular complexity index is 188. The zero-order chi connectivity index (χ0) is 6.78. The second-order valence-electron chi connectivity index (χ2n) is 1.69. The molecule has 0 aliphatic carbocycles. The average molecular weight is 174 g/mol. The van der Waals surface area contributed by atoms with Crippen LogP contribution >= 0.6 is 0 Å². The summed E-state index contributed by atoms with van der Waals surface area (Å²) in [6, 6.07) is 0. The maximum Gasteiger partial charge on any atom is 1.00 e. The molecule has 5 heteroatoms. The van der Waals surface area contributed by atoms with Gasteiger partial charge in [-0.1, -0.05) is 5.57 Å². The van der Waals surface area contributed by atoms with Crippen LogP contribution in [0, 0.1) is 0 Å². The summed E-state index contributed by atoms with van der Waals surface area (Å²) in [5.74, 6) is 0. The van der Waals surface area contributed by atoms with Gasteiger partial charge in [-0.2, -0.15) is 0 Å². The number of rotatable bonds is 1. The van der Waals surface area contributed by atoms with E-state index in [-0.39, 0.29) is 51.4 Å². The van der Waals surface area contributed by atoms with Gasteiger partial charge in [0, 0.05) is 5.41 Å². The SMILES string of the molecule is CC(C)=CS(=O)(=O)[O-].[K+]. The molecule has 0 rings (SSSR count). The molecule has 0 N–H and O–H groups in total. The first-order valence-electron chi connectivity index (χ1n) is 2.02. The van der Waals surface area contributed by atoms with Crippen LogP contribution in [0.5, 0.6) is 0 Å². The van der Waals surface area contributed by atoms with Crippen molar-refractivity contribution in [3.8, 4) is 0 Å². The summed E-state index contributed by atoms with van der Waals surface area (Å²) in [6.07, 6.45) is 0. The third kappa shape index (κ3) is 12.5. The molecule has 0 aliphatic heterocycles. The molecule has 48 valence electrons. The van der Waals surface area contributed by atoms with E-state index in [9.17, 15) is 13.0 Å². The van der Waals surface area contributed by atoms with Crippen LogP contribution in [0.15, 0.2) is 11.0 Å². The fourth-order valence-corrected chi connectivity index (χ4v) is 0.866. The van der Waals surface area contributed by atoms with E-state index >= 15 is 0 Å². The van der Waals surface area contributed by atoms with Crippen molar-refractivity contribution in [2.75, 3.05) is 0 Å². The van der Waals surface area contributed by atoms with E-state index in [2.05, 4.69) is 0 Å². The summed E-state index contributed by atoms with van der Waals surface area (Å²) < 4.78 is 29.4. The van der Waals surface area contributed by atoms with E-state index in [1.165, 1.54) is 0 Å². The van der Waals surface area contributed by atoms with Crippen molar-refractivity contribution in [1.29, 1.82) is 0 Å². The minimum absolute atomic E-state index is 0. The maximum absolute atomic E-state index is 9.81. The Balaban J connectivity index is 0. The van der Waals surface area contributed by atoms with Crippen molar-refractivity contribution in [3.63, 3.8) is 0 Å². The van der Waals surface area contributed by atoms with Crippen LogP contribution in [-0.4, -0.2) is 13.0 Å². The molecule has 0 aromatic carbocycles. The van der Waals surface area contributed by atoms with E-state index < -0.39 is 10.1 Å². The molecule has 0 bridgehead atoms. The number of hydrogen-bond donors (Lipinski definition) is 0. The van der Waals surface area contributed by atoms with Crippen LogP contribution in [0.3, 0.4) is 0 Å². The summed E-state index contributed by atoms with van der Waals surface area (Å²) in [4.78, 5) is 0. The first-order chi connectivity index (χ1) is 3.42. The van der Waals surface area contributed by atoms with Gasteiger partial charge in [0.2, 0.25) is 0 Å². The van der Waals surface area contributed by atoms with Crippen molar-refractivity contribution in [2.45, 2.75) is 13.8 Å². The van der Waals surface area contributed by atoms with Crippen molar-refractivity contribution in [1.82, 2.24) is 0 Å². The van der Waals surface area contributed by atoms with E-state index in [0.717, 1.165) is 0 Å². The van der Waals surface area contributed by atoms with Gasteiger partial charge in [0.1, 0.15) is 10.1 Å². The third-order valence-electron chi connectivity index (χ3n) is 0.380. The van der Waals surface area contributed by atoms with Crippen LogP contribution in [-0.2, 0) is 10.1 Å². The van der Waals surface area contributed by atoms with Gasteiger partial charge in [-0.25, -0.2) is 8.42 Å². The van der Waals surface area contributed by atoms with Crippen LogP contribution in [0.4, 0.5) is 0 Å². The minimum Gasteiger partial charge on any atom is -0.744 e. The smallest absolute Gasteiger partial charge is 0.744 e. The Morgan fingerprint density at radius 1 is 1.44 bits per heavy atom. The van der Waals surface area contributed by atoms with E-state index in [4.69, 9.17) is 0 Å². The van der Waals surface area contributed by atoms with Crippen molar-refractivity contribution >= 4 is 10.1 Å². The first kappa shape index (κ1) is 12.9. The molecule has 0 radical (unpaired) electrons. The van der Waals surface area contributed by atoms with Crippen molar-refractivity contribution < 1.29 is 64.4 Å². The molecule has 0 aliphatic rings. The summed E-state index contributed by atoms with van der Waals surface area (Å²) in [6.45, 7) is 3.10. The molecular weight excluding hydrogens is 167 g/mol. The van der Waals surface area contributed by atoms with E-state index in [1.807, 2.05) is 0 Å². The molecule has 9 heavy (non-hydrogen) atoms. The fourth-order valence-electron chi connectivity index (χ4n) is 0.289. The van der Waals surface area contributed by atoms with E-state index in [0.29, 0.717) is 11.0 Å². The summed E-state index contributed by atoms with van der Waals surface area (Å²) >= 11 is 0. The molecule has 0 amide bonds. The summed E-state index contributed by atoms with van der Waals surface area (Å²) in [5.41, 5.74) is 0.500. The quantitative estimate of drug-likeness (QED) is 0.325. The molecule has 0 saturated heterocycles. The predicted molar refractivity (Wildman–Crippen MR) is 29.1 cm³/mol. The number of hydrogen-bond acceptors (Lipinski definition) is 3.